The zero-order valence-electron chi connectivity index (χ0n) is 14.8. The molecule has 0 amide bonds. The van der Waals surface area contributed by atoms with Crippen LogP contribution in [0.4, 0.5) is 0 Å². The minimum absolute atomic E-state index is 0.0256. The van der Waals surface area contributed by atoms with Gasteiger partial charge < -0.3 is 5.11 Å². The van der Waals surface area contributed by atoms with E-state index in [-0.39, 0.29) is 16.9 Å². The predicted octanol–water partition coefficient (Wildman–Crippen LogP) is 4.37. The monoisotopic (exact) mass is 316 g/mol. The Morgan fingerprint density at radius 2 is 1.91 bits per heavy atom. The topological polar surface area (TPSA) is 37.3 Å². The molecule has 4 aliphatic carbocycles. The summed E-state index contributed by atoms with van der Waals surface area (Å²) < 4.78 is 0. The van der Waals surface area contributed by atoms with Gasteiger partial charge in [-0.15, -0.1) is 6.58 Å². The number of hydrogen-bond acceptors (Lipinski definition) is 2. The third-order valence-corrected chi connectivity index (χ3v) is 8.84. The summed E-state index contributed by atoms with van der Waals surface area (Å²) in [6.45, 7) is 8.87. The van der Waals surface area contributed by atoms with Crippen LogP contribution in [0.15, 0.2) is 12.7 Å². The number of rotatable bonds is 1. The first-order chi connectivity index (χ1) is 10.9. The third-order valence-electron chi connectivity index (χ3n) is 8.84. The van der Waals surface area contributed by atoms with Gasteiger partial charge in [-0.3, -0.25) is 4.79 Å². The Hall–Kier alpha value is -0.630. The van der Waals surface area contributed by atoms with E-state index in [0.29, 0.717) is 23.5 Å². The van der Waals surface area contributed by atoms with Gasteiger partial charge in [-0.25, -0.2) is 0 Å². The van der Waals surface area contributed by atoms with E-state index in [9.17, 15) is 9.90 Å². The maximum absolute atomic E-state index is 12.5. The number of Topliss-reactive ketones (excluding diaryl/α,β-unsaturated/α-hetero) is 1. The molecule has 23 heavy (non-hydrogen) atoms. The summed E-state index contributed by atoms with van der Waals surface area (Å²) in [5.74, 6) is 3.67. The highest BCUT2D eigenvalue weighted by molar-refractivity contribution is 5.87. The van der Waals surface area contributed by atoms with E-state index < -0.39 is 0 Å². The fourth-order valence-corrected chi connectivity index (χ4v) is 7.51. The number of ketones is 1. The van der Waals surface area contributed by atoms with E-state index in [1.54, 1.807) is 0 Å². The summed E-state index contributed by atoms with van der Waals surface area (Å²) in [4.78, 5) is 12.5. The van der Waals surface area contributed by atoms with Crippen molar-refractivity contribution in [2.45, 2.75) is 71.3 Å². The van der Waals surface area contributed by atoms with E-state index in [2.05, 4.69) is 26.5 Å². The summed E-state index contributed by atoms with van der Waals surface area (Å²) in [7, 11) is 0. The molecule has 1 N–H and O–H groups in total. The largest absolute Gasteiger partial charge is 0.393 e. The van der Waals surface area contributed by atoms with Gasteiger partial charge in [-0.2, -0.15) is 0 Å². The van der Waals surface area contributed by atoms with Crippen molar-refractivity contribution >= 4 is 5.78 Å². The van der Waals surface area contributed by atoms with Crippen molar-refractivity contribution in [3.05, 3.63) is 12.7 Å². The van der Waals surface area contributed by atoms with Crippen molar-refractivity contribution in [1.82, 2.24) is 0 Å². The van der Waals surface area contributed by atoms with Gasteiger partial charge >= 0.3 is 0 Å². The molecule has 0 heterocycles. The molecule has 0 aromatic carbocycles. The molecule has 4 rings (SSSR count). The smallest absolute Gasteiger partial charge is 0.139 e. The molecule has 0 aromatic rings. The van der Waals surface area contributed by atoms with Gasteiger partial charge in [0.05, 0.1) is 6.10 Å². The van der Waals surface area contributed by atoms with E-state index in [1.165, 1.54) is 19.3 Å². The van der Waals surface area contributed by atoms with Gasteiger partial charge in [0, 0.05) is 11.8 Å². The number of carbonyl (C=O) groups excluding carboxylic acids is 1. The summed E-state index contributed by atoms with van der Waals surface area (Å²) in [5.41, 5.74) is 0.263. The summed E-state index contributed by atoms with van der Waals surface area (Å²) in [5, 5.41) is 10.3. The second-order valence-electron chi connectivity index (χ2n) is 9.40. The van der Waals surface area contributed by atoms with Crippen molar-refractivity contribution in [1.29, 1.82) is 0 Å². The van der Waals surface area contributed by atoms with Crippen LogP contribution in [0.2, 0.25) is 0 Å². The van der Waals surface area contributed by atoms with Gasteiger partial charge in [-0.05, 0) is 80.0 Å². The molecule has 128 valence electrons. The maximum atomic E-state index is 12.5. The molecule has 2 heteroatoms. The molecule has 0 bridgehead atoms. The highest BCUT2D eigenvalue weighted by atomic mass is 16.3. The molecule has 0 unspecified atom stereocenters. The zero-order chi connectivity index (χ0) is 16.4. The highest BCUT2D eigenvalue weighted by Gasteiger charge is 2.61. The van der Waals surface area contributed by atoms with Gasteiger partial charge in [0.2, 0.25) is 0 Å². The molecule has 0 spiro atoms. The fraction of sp³-hybridized carbons (Fsp3) is 0.857. The second kappa shape index (κ2) is 5.18. The van der Waals surface area contributed by atoms with Crippen LogP contribution in [0.25, 0.3) is 0 Å². The molecule has 4 saturated carbocycles. The molecule has 4 fully saturated rings. The lowest BCUT2D eigenvalue weighted by Crippen LogP contribution is -2.57. The standard InChI is InChI=1S/C21H32O2/c1-4-13-11-15(22)12-14-5-6-16-17-7-8-19(23)20(17,2)10-9-18(16)21(13,14)3/h4,13-18,22H,1,5-12H2,2-3H3/t13-,14-,15-,16-,17-,18-,20-,21-/m0/s1. The van der Waals surface area contributed by atoms with Gasteiger partial charge in [0.15, 0.2) is 0 Å². The molecule has 0 radical (unpaired) electrons. The van der Waals surface area contributed by atoms with E-state index in [4.69, 9.17) is 0 Å². The Morgan fingerprint density at radius 1 is 1.13 bits per heavy atom. The summed E-state index contributed by atoms with van der Waals surface area (Å²) in [6.07, 6.45) is 10.6. The van der Waals surface area contributed by atoms with Gasteiger partial charge in [-0.1, -0.05) is 19.9 Å². The first kappa shape index (κ1) is 15.9. The van der Waals surface area contributed by atoms with Crippen molar-refractivity contribution in [3.63, 3.8) is 0 Å². The number of allylic oxidation sites excluding steroid dienone is 1. The number of hydrogen-bond donors (Lipinski definition) is 1. The van der Waals surface area contributed by atoms with E-state index in [1.807, 2.05) is 0 Å². The number of carbonyl (C=O) groups is 1. The van der Waals surface area contributed by atoms with Crippen LogP contribution in [0.3, 0.4) is 0 Å². The van der Waals surface area contributed by atoms with E-state index in [0.717, 1.165) is 43.9 Å². The SMILES string of the molecule is C=C[C@H]1C[C@H](O)C[C@@H]2CC[C@@H]3[C@H](CC[C@]4(C)C(=O)CC[C@@H]34)[C@]21C. The van der Waals surface area contributed by atoms with Crippen LogP contribution in [0, 0.1) is 40.4 Å². The van der Waals surface area contributed by atoms with E-state index >= 15 is 0 Å². The molecular formula is C21H32O2. The lowest BCUT2D eigenvalue weighted by atomic mass is 9.43. The first-order valence-electron chi connectivity index (χ1n) is 9.75. The van der Waals surface area contributed by atoms with Crippen LogP contribution in [0.1, 0.15) is 65.2 Å². The van der Waals surface area contributed by atoms with Gasteiger partial charge in [0.1, 0.15) is 5.78 Å². The molecule has 2 nitrogen and oxygen atoms in total. The lowest BCUT2D eigenvalue weighted by molar-refractivity contribution is -0.151. The van der Waals surface area contributed by atoms with Crippen LogP contribution in [0.5, 0.6) is 0 Å². The number of aliphatic hydroxyl groups excluding tert-OH is 1. The summed E-state index contributed by atoms with van der Waals surface area (Å²) >= 11 is 0. The van der Waals surface area contributed by atoms with Crippen LogP contribution in [-0.4, -0.2) is 17.0 Å². The Kier molecular flexibility index (Phi) is 3.58. The zero-order valence-corrected chi connectivity index (χ0v) is 14.8. The Labute approximate surface area is 140 Å². The quantitative estimate of drug-likeness (QED) is 0.729. The first-order valence-corrected chi connectivity index (χ1v) is 9.75. The minimum Gasteiger partial charge on any atom is -0.393 e. The molecule has 4 aliphatic rings. The van der Waals surface area contributed by atoms with Crippen LogP contribution >= 0.6 is 0 Å². The Morgan fingerprint density at radius 3 is 2.65 bits per heavy atom. The fourth-order valence-electron chi connectivity index (χ4n) is 7.51. The molecule has 0 aliphatic heterocycles. The molecule has 0 saturated heterocycles. The van der Waals surface area contributed by atoms with Crippen molar-refractivity contribution in [3.8, 4) is 0 Å². The highest BCUT2D eigenvalue weighted by Crippen LogP contribution is 2.66. The normalized spacial score (nSPS) is 55.7. The average Bonchev–Trinajstić information content (AvgIpc) is 2.83. The molecule has 0 aromatic heterocycles. The molecular weight excluding hydrogens is 284 g/mol. The maximum Gasteiger partial charge on any atom is 0.139 e. The van der Waals surface area contributed by atoms with Gasteiger partial charge in [0.25, 0.3) is 0 Å². The van der Waals surface area contributed by atoms with Crippen molar-refractivity contribution in [2.24, 2.45) is 40.4 Å². The predicted molar refractivity (Wildman–Crippen MR) is 91.8 cm³/mol. The Bertz CT molecular complexity index is 526. The number of aliphatic hydroxyl groups is 1. The molecule has 8 atom stereocenters. The minimum atomic E-state index is -0.144. The summed E-state index contributed by atoms with van der Waals surface area (Å²) in [6, 6.07) is 0. The van der Waals surface area contributed by atoms with Crippen LogP contribution < -0.4 is 0 Å². The average molecular weight is 316 g/mol. The third kappa shape index (κ3) is 2.00. The van der Waals surface area contributed by atoms with Crippen LogP contribution in [-0.2, 0) is 4.79 Å². The number of fused-ring (bicyclic) bond motifs is 5. The van der Waals surface area contributed by atoms with Crippen molar-refractivity contribution in [2.75, 3.05) is 0 Å². The second-order valence-corrected chi connectivity index (χ2v) is 9.40. The Balaban J connectivity index is 1.69. The lowest BCUT2D eigenvalue weighted by Gasteiger charge is -2.62. The van der Waals surface area contributed by atoms with Crippen molar-refractivity contribution < 1.29 is 9.90 Å².